The van der Waals surface area contributed by atoms with Crippen molar-refractivity contribution in [2.24, 2.45) is 5.92 Å². The molecule has 1 aliphatic carbocycles. The minimum atomic E-state index is -0.0707. The molecule has 170 valence electrons. The molecule has 6 rings (SSSR count). The molecule has 1 saturated carbocycles. The maximum absolute atomic E-state index is 13.4. The van der Waals surface area contributed by atoms with Crippen LogP contribution >= 0.6 is 0 Å². The van der Waals surface area contributed by atoms with Gasteiger partial charge >= 0.3 is 0 Å². The van der Waals surface area contributed by atoms with Gasteiger partial charge in [0.05, 0.1) is 12.6 Å². The number of aromatic nitrogens is 1. The number of carbonyl (C=O) groups excluding carboxylic acids is 2. The molecular formula is C28H31N3O2. The van der Waals surface area contributed by atoms with Gasteiger partial charge in [0.15, 0.2) is 0 Å². The van der Waals surface area contributed by atoms with Crippen molar-refractivity contribution < 1.29 is 9.59 Å². The number of para-hydroxylation sites is 1. The van der Waals surface area contributed by atoms with Crippen molar-refractivity contribution in [2.45, 2.75) is 51.1 Å². The Hall–Kier alpha value is -3.08. The topological polar surface area (TPSA) is 45.6 Å². The maximum Gasteiger partial charge on any atom is 0.242 e. The van der Waals surface area contributed by atoms with E-state index in [9.17, 15) is 9.59 Å². The van der Waals surface area contributed by atoms with Gasteiger partial charge in [-0.05, 0) is 36.5 Å². The van der Waals surface area contributed by atoms with Crippen LogP contribution in [0.3, 0.4) is 0 Å². The van der Waals surface area contributed by atoms with Crippen molar-refractivity contribution in [3.05, 3.63) is 71.4 Å². The fourth-order valence-electron chi connectivity index (χ4n) is 6.30. The largest absolute Gasteiger partial charge is 0.338 e. The molecule has 3 aliphatic rings. The van der Waals surface area contributed by atoms with Crippen molar-refractivity contribution in [1.29, 1.82) is 0 Å². The summed E-state index contributed by atoms with van der Waals surface area (Å²) in [4.78, 5) is 30.5. The lowest BCUT2D eigenvalue weighted by atomic mass is 9.87. The second-order valence-electron chi connectivity index (χ2n) is 9.86. The Kier molecular flexibility index (Phi) is 5.20. The second-order valence-corrected chi connectivity index (χ2v) is 9.86. The number of hydrogen-bond donors (Lipinski definition) is 0. The molecule has 1 unspecified atom stereocenters. The standard InChI is InChI=1S/C28H31N3O2/c32-26-19-29(28(33)21-11-5-2-6-12-21)18-25-27-23(15-16-30(25)26)22-13-7-8-14-24(22)31(27)17-20-9-3-1-4-10-20/h1,3-4,7-10,13-14,21,25H,2,5-6,11-12,15-19H2. The Bertz CT molecular complexity index is 1190. The summed E-state index contributed by atoms with van der Waals surface area (Å²) in [6.07, 6.45) is 6.29. The van der Waals surface area contributed by atoms with Gasteiger partial charge in [0, 0.05) is 42.1 Å². The summed E-state index contributed by atoms with van der Waals surface area (Å²) in [5.74, 6) is 0.384. The fraction of sp³-hybridized carbons (Fsp3) is 0.429. The van der Waals surface area contributed by atoms with Crippen molar-refractivity contribution in [1.82, 2.24) is 14.4 Å². The molecular weight excluding hydrogens is 410 g/mol. The number of nitrogens with zero attached hydrogens (tertiary/aromatic N) is 3. The summed E-state index contributed by atoms with van der Waals surface area (Å²) in [7, 11) is 0. The molecule has 2 fully saturated rings. The monoisotopic (exact) mass is 441 g/mol. The van der Waals surface area contributed by atoms with Gasteiger partial charge in [0.2, 0.25) is 11.8 Å². The lowest BCUT2D eigenvalue weighted by Gasteiger charge is -2.45. The molecule has 2 aromatic carbocycles. The molecule has 33 heavy (non-hydrogen) atoms. The predicted molar refractivity (Wildman–Crippen MR) is 129 cm³/mol. The van der Waals surface area contributed by atoms with Crippen molar-refractivity contribution in [3.8, 4) is 0 Å². The highest BCUT2D eigenvalue weighted by Gasteiger charge is 2.42. The third kappa shape index (κ3) is 3.54. The number of fused-ring (bicyclic) bond motifs is 5. The number of carbonyl (C=O) groups is 2. The zero-order valence-electron chi connectivity index (χ0n) is 19.1. The fourth-order valence-corrected chi connectivity index (χ4v) is 6.30. The Morgan fingerprint density at radius 3 is 2.52 bits per heavy atom. The average Bonchev–Trinajstić information content (AvgIpc) is 3.18. The molecule has 1 atom stereocenters. The van der Waals surface area contributed by atoms with E-state index < -0.39 is 0 Å². The van der Waals surface area contributed by atoms with E-state index in [0.29, 0.717) is 6.54 Å². The molecule has 3 aromatic rings. The van der Waals surface area contributed by atoms with E-state index in [-0.39, 0.29) is 30.3 Å². The highest BCUT2D eigenvalue weighted by molar-refractivity contribution is 5.90. The maximum atomic E-state index is 13.4. The van der Waals surface area contributed by atoms with Crippen LogP contribution in [0.25, 0.3) is 10.9 Å². The Labute approximate surface area is 195 Å². The van der Waals surface area contributed by atoms with Crippen LogP contribution in [0.4, 0.5) is 0 Å². The summed E-state index contributed by atoms with van der Waals surface area (Å²) in [5.41, 5.74) is 5.04. The van der Waals surface area contributed by atoms with E-state index >= 15 is 0 Å². The van der Waals surface area contributed by atoms with Gasteiger partial charge in [-0.2, -0.15) is 0 Å². The van der Waals surface area contributed by atoms with E-state index in [0.717, 1.165) is 45.2 Å². The third-order valence-corrected chi connectivity index (χ3v) is 7.90. The van der Waals surface area contributed by atoms with E-state index in [1.165, 1.54) is 34.1 Å². The smallest absolute Gasteiger partial charge is 0.242 e. The summed E-state index contributed by atoms with van der Waals surface area (Å²) in [6, 6.07) is 19.0. The van der Waals surface area contributed by atoms with Crippen LogP contribution in [0.15, 0.2) is 54.6 Å². The van der Waals surface area contributed by atoms with Gasteiger partial charge < -0.3 is 14.4 Å². The summed E-state index contributed by atoms with van der Waals surface area (Å²) < 4.78 is 2.40. The highest BCUT2D eigenvalue weighted by Crippen LogP contribution is 2.40. The summed E-state index contributed by atoms with van der Waals surface area (Å²) in [5, 5.41) is 1.28. The molecule has 1 aromatic heterocycles. The van der Waals surface area contributed by atoms with E-state index in [2.05, 4.69) is 53.1 Å². The molecule has 3 heterocycles. The molecule has 0 spiro atoms. The Morgan fingerprint density at radius 1 is 0.939 bits per heavy atom. The van der Waals surface area contributed by atoms with Gasteiger partial charge in [-0.15, -0.1) is 0 Å². The zero-order valence-corrected chi connectivity index (χ0v) is 19.1. The van der Waals surface area contributed by atoms with Crippen LogP contribution in [0.1, 0.15) is 55.0 Å². The van der Waals surface area contributed by atoms with Crippen molar-refractivity contribution >= 4 is 22.7 Å². The first-order chi connectivity index (χ1) is 16.2. The number of amides is 2. The third-order valence-electron chi connectivity index (χ3n) is 7.90. The van der Waals surface area contributed by atoms with Crippen molar-refractivity contribution in [2.75, 3.05) is 19.6 Å². The average molecular weight is 442 g/mol. The molecule has 5 heteroatoms. The minimum absolute atomic E-state index is 0.0707. The van der Waals surface area contributed by atoms with Crippen LogP contribution in [-0.2, 0) is 22.6 Å². The van der Waals surface area contributed by atoms with Crippen LogP contribution < -0.4 is 0 Å². The second kappa shape index (κ2) is 8.36. The summed E-state index contributed by atoms with van der Waals surface area (Å²) in [6.45, 7) is 2.35. The molecule has 5 nitrogen and oxygen atoms in total. The molecule has 0 bridgehead atoms. The Morgan fingerprint density at radius 2 is 1.70 bits per heavy atom. The van der Waals surface area contributed by atoms with Gasteiger partial charge in [-0.1, -0.05) is 67.8 Å². The predicted octanol–water partition coefficient (Wildman–Crippen LogP) is 4.54. The highest BCUT2D eigenvalue weighted by atomic mass is 16.2. The number of hydrogen-bond acceptors (Lipinski definition) is 2. The zero-order chi connectivity index (χ0) is 22.4. The molecule has 0 radical (unpaired) electrons. The lowest BCUT2D eigenvalue weighted by Crippen LogP contribution is -2.57. The van der Waals surface area contributed by atoms with Gasteiger partial charge in [-0.3, -0.25) is 9.59 Å². The van der Waals surface area contributed by atoms with Gasteiger partial charge in [0.1, 0.15) is 0 Å². The lowest BCUT2D eigenvalue weighted by molar-refractivity contribution is -0.152. The first kappa shape index (κ1) is 20.5. The van der Waals surface area contributed by atoms with E-state index in [4.69, 9.17) is 0 Å². The number of piperazine rings is 1. The minimum Gasteiger partial charge on any atom is -0.338 e. The SMILES string of the molecule is O=C(C1CCCCC1)N1CC(=O)N2CCc3c(n(Cc4ccccc4)c4ccccc34)C2C1. The summed E-state index contributed by atoms with van der Waals surface area (Å²) >= 11 is 0. The molecule has 2 aliphatic heterocycles. The van der Waals surface area contributed by atoms with Crippen LogP contribution in [0, 0.1) is 5.92 Å². The molecule has 1 saturated heterocycles. The van der Waals surface area contributed by atoms with E-state index in [1.54, 1.807) is 0 Å². The Balaban J connectivity index is 1.41. The normalized spacial score (nSPS) is 21.2. The van der Waals surface area contributed by atoms with Gasteiger partial charge in [0.25, 0.3) is 0 Å². The molecule has 0 N–H and O–H groups in total. The van der Waals surface area contributed by atoms with Crippen LogP contribution in [0.2, 0.25) is 0 Å². The number of benzene rings is 2. The van der Waals surface area contributed by atoms with Crippen LogP contribution in [-0.4, -0.2) is 45.8 Å². The molecule has 2 amide bonds. The first-order valence-electron chi connectivity index (χ1n) is 12.4. The quantitative estimate of drug-likeness (QED) is 0.599. The van der Waals surface area contributed by atoms with Crippen molar-refractivity contribution in [3.63, 3.8) is 0 Å². The van der Waals surface area contributed by atoms with Crippen LogP contribution in [0.5, 0.6) is 0 Å². The van der Waals surface area contributed by atoms with Gasteiger partial charge in [-0.25, -0.2) is 0 Å². The van der Waals surface area contributed by atoms with E-state index in [1.807, 2.05) is 15.9 Å². The number of rotatable bonds is 3. The first-order valence-corrected chi connectivity index (χ1v) is 12.4.